The zero-order valence-electron chi connectivity index (χ0n) is 18.9. The minimum Gasteiger partial charge on any atom is -0.350 e. The highest BCUT2D eigenvalue weighted by atomic mass is 32.2. The molecule has 1 aliphatic heterocycles. The van der Waals surface area contributed by atoms with Crippen LogP contribution in [-0.2, 0) is 23.5 Å². The van der Waals surface area contributed by atoms with Gasteiger partial charge in [-0.15, -0.1) is 0 Å². The van der Waals surface area contributed by atoms with Crippen LogP contribution in [0.25, 0.3) is 10.9 Å². The molecule has 4 rings (SSSR count). The molecule has 1 aromatic heterocycles. The Morgan fingerprint density at radius 2 is 1.94 bits per heavy atom. The third-order valence-electron chi connectivity index (χ3n) is 5.91. The number of fused-ring (bicyclic) bond motifs is 1. The number of thiocarbonyl (C=S) groups is 1. The Balaban J connectivity index is 1.52. The summed E-state index contributed by atoms with van der Waals surface area (Å²) in [5.74, 6) is 0. The average molecular weight is 484 g/mol. The molecular formula is C24H29N5O2S2. The lowest BCUT2D eigenvalue weighted by Crippen LogP contribution is -2.35. The summed E-state index contributed by atoms with van der Waals surface area (Å²) in [7, 11) is -1.57. The number of benzene rings is 2. The molecule has 7 nitrogen and oxygen atoms in total. The summed E-state index contributed by atoms with van der Waals surface area (Å²) in [5, 5.41) is 8.61. The summed E-state index contributed by atoms with van der Waals surface area (Å²) < 4.78 is 29.8. The van der Waals surface area contributed by atoms with Gasteiger partial charge in [-0.3, -0.25) is 5.43 Å². The zero-order valence-corrected chi connectivity index (χ0v) is 20.5. The molecule has 2 aromatic carbocycles. The Hall–Kier alpha value is -2.75. The van der Waals surface area contributed by atoms with Crippen molar-refractivity contribution in [2.45, 2.75) is 37.5 Å². The monoisotopic (exact) mass is 483 g/mol. The number of piperidine rings is 1. The molecule has 3 aromatic rings. The maximum absolute atomic E-state index is 13.1. The molecule has 1 saturated heterocycles. The molecule has 1 fully saturated rings. The van der Waals surface area contributed by atoms with Gasteiger partial charge < -0.3 is 9.88 Å². The molecule has 0 spiro atoms. The quantitative estimate of drug-likeness (QED) is 0.312. The van der Waals surface area contributed by atoms with Crippen molar-refractivity contribution in [2.24, 2.45) is 12.1 Å². The standard InChI is InChI=1S/C24H29N5O2S2/c1-3-18-8-7-9-20(14-18)26-24(32)27-25-16-19-17-28(2)23-11-10-21(15-22(19)23)33(30,31)29-12-5-4-6-13-29/h7-11,14-17H,3-6,12-13H2,1-2H3,(H2,26,27,32)/b25-16+. The fourth-order valence-electron chi connectivity index (χ4n) is 4.11. The third-order valence-corrected chi connectivity index (χ3v) is 8.00. The molecule has 9 heteroatoms. The van der Waals surface area contributed by atoms with Crippen molar-refractivity contribution in [3.63, 3.8) is 0 Å². The Kier molecular flexibility index (Phi) is 7.11. The number of hydrogen-bond acceptors (Lipinski definition) is 4. The van der Waals surface area contributed by atoms with Crippen LogP contribution in [0.3, 0.4) is 0 Å². The van der Waals surface area contributed by atoms with E-state index < -0.39 is 10.0 Å². The molecule has 0 amide bonds. The molecule has 0 aliphatic carbocycles. The van der Waals surface area contributed by atoms with E-state index in [2.05, 4.69) is 28.8 Å². The molecule has 2 N–H and O–H groups in total. The van der Waals surface area contributed by atoms with Crippen molar-refractivity contribution in [1.82, 2.24) is 14.3 Å². The van der Waals surface area contributed by atoms with Crippen LogP contribution in [0.4, 0.5) is 5.69 Å². The molecule has 0 unspecified atom stereocenters. The summed E-state index contributed by atoms with van der Waals surface area (Å²) in [4.78, 5) is 0.318. The SMILES string of the molecule is CCc1cccc(NC(=S)N/N=C/c2cn(C)c3ccc(S(=O)(=O)N4CCCCC4)cc23)c1. The molecule has 2 heterocycles. The molecule has 0 bridgehead atoms. The summed E-state index contributed by atoms with van der Waals surface area (Å²) in [5.41, 5.74) is 6.71. The number of aryl methyl sites for hydroxylation is 2. The van der Waals surface area contributed by atoms with Crippen molar-refractivity contribution in [3.05, 3.63) is 59.8 Å². The number of rotatable bonds is 6. The largest absolute Gasteiger partial charge is 0.350 e. The zero-order chi connectivity index (χ0) is 23.4. The topological polar surface area (TPSA) is 78.7 Å². The lowest BCUT2D eigenvalue weighted by Gasteiger charge is -2.25. The summed E-state index contributed by atoms with van der Waals surface area (Å²) in [6, 6.07) is 13.3. The second-order valence-electron chi connectivity index (χ2n) is 8.22. The first-order chi connectivity index (χ1) is 15.9. The van der Waals surface area contributed by atoms with Crippen LogP contribution in [-0.4, -0.2) is 41.7 Å². The maximum Gasteiger partial charge on any atom is 0.243 e. The van der Waals surface area contributed by atoms with Crippen molar-refractivity contribution in [1.29, 1.82) is 0 Å². The van der Waals surface area contributed by atoms with E-state index in [1.54, 1.807) is 22.7 Å². The van der Waals surface area contributed by atoms with Gasteiger partial charge in [-0.25, -0.2) is 8.42 Å². The smallest absolute Gasteiger partial charge is 0.243 e. The fraction of sp³-hybridized carbons (Fsp3) is 0.333. The van der Waals surface area contributed by atoms with E-state index in [1.807, 2.05) is 42.1 Å². The van der Waals surface area contributed by atoms with Crippen LogP contribution in [0.1, 0.15) is 37.3 Å². The van der Waals surface area contributed by atoms with Crippen LogP contribution >= 0.6 is 12.2 Å². The summed E-state index contributed by atoms with van der Waals surface area (Å²) in [6.07, 6.45) is 7.44. The average Bonchev–Trinajstić information content (AvgIpc) is 3.14. The molecule has 33 heavy (non-hydrogen) atoms. The highest BCUT2D eigenvalue weighted by Gasteiger charge is 2.26. The normalized spacial score (nSPS) is 15.2. The first-order valence-corrected chi connectivity index (χ1v) is 13.0. The van der Waals surface area contributed by atoms with Crippen LogP contribution in [0.15, 0.2) is 58.7 Å². The Bertz CT molecular complexity index is 1290. The lowest BCUT2D eigenvalue weighted by atomic mass is 10.1. The van der Waals surface area contributed by atoms with Crippen LogP contribution < -0.4 is 10.7 Å². The van der Waals surface area contributed by atoms with E-state index in [9.17, 15) is 8.42 Å². The Morgan fingerprint density at radius 1 is 1.15 bits per heavy atom. The van der Waals surface area contributed by atoms with E-state index in [1.165, 1.54) is 5.56 Å². The highest BCUT2D eigenvalue weighted by molar-refractivity contribution is 7.89. The van der Waals surface area contributed by atoms with Crippen molar-refractivity contribution >= 4 is 50.2 Å². The van der Waals surface area contributed by atoms with Crippen molar-refractivity contribution < 1.29 is 8.42 Å². The Labute approximate surface area is 200 Å². The Morgan fingerprint density at radius 3 is 2.70 bits per heavy atom. The van der Waals surface area contributed by atoms with E-state index in [4.69, 9.17) is 12.2 Å². The van der Waals surface area contributed by atoms with E-state index >= 15 is 0 Å². The number of hydrogen-bond donors (Lipinski definition) is 2. The first-order valence-electron chi connectivity index (χ1n) is 11.2. The van der Waals surface area contributed by atoms with Crippen LogP contribution in [0.2, 0.25) is 0 Å². The van der Waals surface area contributed by atoms with Gasteiger partial charge in [-0.1, -0.05) is 25.5 Å². The number of nitrogens with zero attached hydrogens (tertiary/aromatic N) is 3. The van der Waals surface area contributed by atoms with Crippen LogP contribution in [0.5, 0.6) is 0 Å². The second-order valence-corrected chi connectivity index (χ2v) is 10.6. The van der Waals surface area contributed by atoms with Gasteiger partial charge in [-0.05, 0) is 67.4 Å². The summed E-state index contributed by atoms with van der Waals surface area (Å²) in [6.45, 7) is 3.27. The van der Waals surface area contributed by atoms with Gasteiger partial charge in [-0.2, -0.15) is 9.41 Å². The van der Waals surface area contributed by atoms with E-state index in [0.29, 0.717) is 23.1 Å². The number of nitrogens with one attached hydrogen (secondary N) is 2. The van der Waals surface area contributed by atoms with E-state index in [0.717, 1.165) is 47.8 Å². The molecule has 1 aliphatic rings. The van der Waals surface area contributed by atoms with Crippen molar-refractivity contribution in [2.75, 3.05) is 18.4 Å². The predicted molar refractivity (Wildman–Crippen MR) is 138 cm³/mol. The van der Waals surface area contributed by atoms with Gasteiger partial charge in [0.15, 0.2) is 5.11 Å². The third kappa shape index (κ3) is 5.26. The van der Waals surface area contributed by atoms with Gasteiger partial charge >= 0.3 is 0 Å². The maximum atomic E-state index is 13.1. The highest BCUT2D eigenvalue weighted by Crippen LogP contribution is 2.26. The van der Waals surface area contributed by atoms with Gasteiger partial charge in [0, 0.05) is 48.5 Å². The second kappa shape index (κ2) is 10.0. The number of aromatic nitrogens is 1. The molecule has 0 atom stereocenters. The molecule has 174 valence electrons. The predicted octanol–water partition coefficient (Wildman–Crippen LogP) is 4.24. The van der Waals surface area contributed by atoms with E-state index in [-0.39, 0.29) is 0 Å². The van der Waals surface area contributed by atoms with Gasteiger partial charge in [0.1, 0.15) is 0 Å². The number of sulfonamides is 1. The fourth-order valence-corrected chi connectivity index (χ4v) is 5.82. The number of hydrazone groups is 1. The van der Waals surface area contributed by atoms with Gasteiger partial charge in [0.25, 0.3) is 0 Å². The minimum absolute atomic E-state index is 0.318. The number of anilines is 1. The van der Waals surface area contributed by atoms with Crippen molar-refractivity contribution in [3.8, 4) is 0 Å². The molecular weight excluding hydrogens is 454 g/mol. The van der Waals surface area contributed by atoms with Gasteiger partial charge in [0.2, 0.25) is 10.0 Å². The minimum atomic E-state index is -3.50. The lowest BCUT2D eigenvalue weighted by molar-refractivity contribution is 0.346. The molecule has 0 radical (unpaired) electrons. The van der Waals surface area contributed by atoms with Crippen LogP contribution in [0, 0.1) is 0 Å². The van der Waals surface area contributed by atoms with Gasteiger partial charge in [0.05, 0.1) is 11.1 Å². The summed E-state index contributed by atoms with van der Waals surface area (Å²) >= 11 is 5.35. The first kappa shape index (κ1) is 23.4. The molecule has 0 saturated carbocycles.